The van der Waals surface area contributed by atoms with Gasteiger partial charge in [-0.3, -0.25) is 10.2 Å². The highest BCUT2D eigenvalue weighted by molar-refractivity contribution is 8.18. The monoisotopic (exact) mass is 207 g/mol. The van der Waals surface area contributed by atoms with Crippen LogP contribution in [0.5, 0.6) is 0 Å². The summed E-state index contributed by atoms with van der Waals surface area (Å²) in [5, 5.41) is 9.89. The molecular formula is C9H9N3OS. The molecule has 2 N–H and O–H groups in total. The van der Waals surface area contributed by atoms with Crippen molar-refractivity contribution in [2.45, 2.75) is 0 Å². The number of aryl methyl sites for hydroxylation is 1. The van der Waals surface area contributed by atoms with Gasteiger partial charge in [-0.25, -0.2) is 0 Å². The maximum Gasteiger partial charge on any atom is 0.264 e. The van der Waals surface area contributed by atoms with E-state index in [-0.39, 0.29) is 11.1 Å². The summed E-state index contributed by atoms with van der Waals surface area (Å²) in [6.45, 7) is 0. The number of carbonyl (C=O) groups is 1. The minimum Gasteiger partial charge on any atom is -0.351 e. The lowest BCUT2D eigenvalue weighted by Gasteiger charge is -1.96. The van der Waals surface area contributed by atoms with E-state index in [0.717, 1.165) is 17.5 Å². The van der Waals surface area contributed by atoms with Gasteiger partial charge in [0.2, 0.25) is 0 Å². The highest BCUT2D eigenvalue weighted by Gasteiger charge is 2.22. The van der Waals surface area contributed by atoms with Crippen LogP contribution in [0, 0.1) is 5.41 Å². The number of amides is 1. The van der Waals surface area contributed by atoms with Crippen molar-refractivity contribution in [2.24, 2.45) is 7.05 Å². The standard InChI is InChI=1S/C9H9N3OS/c1-12-4-2-3-6(12)5-7-8(13)11-9(10)14-7/h2-5H,1H3,(H2,10,11,13)/b7-5-. The number of hydrogen-bond donors (Lipinski definition) is 2. The van der Waals surface area contributed by atoms with E-state index in [1.165, 1.54) is 0 Å². The van der Waals surface area contributed by atoms with Crippen LogP contribution in [0.15, 0.2) is 23.2 Å². The van der Waals surface area contributed by atoms with E-state index in [1.54, 1.807) is 6.08 Å². The van der Waals surface area contributed by atoms with E-state index in [1.807, 2.05) is 29.9 Å². The molecule has 0 spiro atoms. The molecule has 1 saturated heterocycles. The number of aromatic nitrogens is 1. The van der Waals surface area contributed by atoms with Gasteiger partial charge in [0.15, 0.2) is 5.17 Å². The van der Waals surface area contributed by atoms with Crippen molar-refractivity contribution in [3.63, 3.8) is 0 Å². The molecule has 72 valence electrons. The average Bonchev–Trinajstić information content (AvgIpc) is 2.62. The SMILES string of the molecule is Cn1cccc1/C=C1\SC(=N)NC1=O. The Bertz CT molecular complexity index is 433. The van der Waals surface area contributed by atoms with Crippen LogP contribution in [0.3, 0.4) is 0 Å². The number of hydrogen-bond acceptors (Lipinski definition) is 3. The third kappa shape index (κ3) is 1.58. The zero-order valence-electron chi connectivity index (χ0n) is 7.57. The van der Waals surface area contributed by atoms with Crippen LogP contribution in [-0.2, 0) is 11.8 Å². The van der Waals surface area contributed by atoms with E-state index in [0.29, 0.717) is 4.91 Å². The third-order valence-corrected chi connectivity index (χ3v) is 2.76. The van der Waals surface area contributed by atoms with Gasteiger partial charge in [-0.1, -0.05) is 0 Å². The van der Waals surface area contributed by atoms with Crippen molar-refractivity contribution in [1.82, 2.24) is 9.88 Å². The van der Waals surface area contributed by atoms with Crippen LogP contribution in [0.1, 0.15) is 5.69 Å². The lowest BCUT2D eigenvalue weighted by molar-refractivity contribution is -0.115. The van der Waals surface area contributed by atoms with Crippen molar-refractivity contribution >= 4 is 28.9 Å². The van der Waals surface area contributed by atoms with Gasteiger partial charge in [0.05, 0.1) is 4.91 Å². The van der Waals surface area contributed by atoms with Crippen LogP contribution in [0.4, 0.5) is 0 Å². The lowest BCUT2D eigenvalue weighted by Crippen LogP contribution is -2.18. The predicted molar refractivity (Wildman–Crippen MR) is 56.9 cm³/mol. The first kappa shape index (κ1) is 9.08. The molecular weight excluding hydrogens is 198 g/mol. The zero-order valence-corrected chi connectivity index (χ0v) is 8.39. The first-order valence-electron chi connectivity index (χ1n) is 4.07. The molecule has 14 heavy (non-hydrogen) atoms. The third-order valence-electron chi connectivity index (χ3n) is 1.93. The molecule has 0 radical (unpaired) electrons. The summed E-state index contributed by atoms with van der Waals surface area (Å²) in [6, 6.07) is 3.83. The number of nitrogens with one attached hydrogen (secondary N) is 2. The number of rotatable bonds is 1. The normalized spacial score (nSPS) is 19.1. The molecule has 0 bridgehead atoms. The summed E-state index contributed by atoms with van der Waals surface area (Å²) in [5.74, 6) is -0.193. The van der Waals surface area contributed by atoms with Crippen molar-refractivity contribution in [2.75, 3.05) is 0 Å². The van der Waals surface area contributed by atoms with E-state index in [2.05, 4.69) is 5.32 Å². The van der Waals surface area contributed by atoms with Crippen LogP contribution in [0.2, 0.25) is 0 Å². The van der Waals surface area contributed by atoms with E-state index >= 15 is 0 Å². The van der Waals surface area contributed by atoms with Gasteiger partial charge in [0.25, 0.3) is 5.91 Å². The Balaban J connectivity index is 2.32. The first-order chi connectivity index (χ1) is 6.66. The van der Waals surface area contributed by atoms with Gasteiger partial charge in [0, 0.05) is 18.9 Å². The molecule has 4 nitrogen and oxygen atoms in total. The largest absolute Gasteiger partial charge is 0.351 e. The van der Waals surface area contributed by atoms with Crippen LogP contribution >= 0.6 is 11.8 Å². The van der Waals surface area contributed by atoms with Gasteiger partial charge in [-0.05, 0) is 30.0 Å². The average molecular weight is 207 g/mol. The van der Waals surface area contributed by atoms with Crippen LogP contribution in [-0.4, -0.2) is 15.6 Å². The van der Waals surface area contributed by atoms with Crippen molar-refractivity contribution < 1.29 is 4.79 Å². The Labute approximate surface area is 85.5 Å². The van der Waals surface area contributed by atoms with Gasteiger partial charge >= 0.3 is 0 Å². The summed E-state index contributed by atoms with van der Waals surface area (Å²) < 4.78 is 1.92. The predicted octanol–water partition coefficient (Wildman–Crippen LogP) is 1.16. The number of nitrogens with zero attached hydrogens (tertiary/aromatic N) is 1. The fraction of sp³-hybridized carbons (Fsp3) is 0.111. The van der Waals surface area contributed by atoms with Crippen molar-refractivity contribution in [3.8, 4) is 0 Å². The quantitative estimate of drug-likeness (QED) is 0.679. The van der Waals surface area contributed by atoms with Crippen molar-refractivity contribution in [3.05, 3.63) is 28.9 Å². The molecule has 5 heteroatoms. The number of amidine groups is 1. The maximum absolute atomic E-state index is 11.3. The van der Waals surface area contributed by atoms with Gasteiger partial charge < -0.3 is 9.88 Å². The van der Waals surface area contributed by atoms with Crippen molar-refractivity contribution in [1.29, 1.82) is 5.41 Å². The molecule has 1 fully saturated rings. The minimum absolute atomic E-state index is 0.190. The Kier molecular flexibility index (Phi) is 2.17. The fourth-order valence-corrected chi connectivity index (χ4v) is 1.89. The molecule has 1 aliphatic rings. The Morgan fingerprint density at radius 2 is 2.43 bits per heavy atom. The molecule has 0 saturated carbocycles. The Morgan fingerprint density at radius 3 is 2.93 bits per heavy atom. The summed E-state index contributed by atoms with van der Waals surface area (Å²) in [6.07, 6.45) is 3.69. The molecule has 1 aromatic heterocycles. The summed E-state index contributed by atoms with van der Waals surface area (Å²) in [7, 11) is 1.91. The summed E-state index contributed by atoms with van der Waals surface area (Å²) in [5.41, 5.74) is 0.956. The number of thioether (sulfide) groups is 1. The van der Waals surface area contributed by atoms with Crippen LogP contribution < -0.4 is 5.32 Å². The molecule has 1 amide bonds. The molecule has 2 heterocycles. The van der Waals surface area contributed by atoms with Crippen LogP contribution in [0.25, 0.3) is 6.08 Å². The number of carbonyl (C=O) groups excluding carboxylic acids is 1. The fourth-order valence-electron chi connectivity index (χ4n) is 1.20. The molecule has 0 atom stereocenters. The second kappa shape index (κ2) is 3.34. The molecule has 0 aromatic carbocycles. The lowest BCUT2D eigenvalue weighted by atomic mass is 10.3. The first-order valence-corrected chi connectivity index (χ1v) is 4.89. The highest BCUT2D eigenvalue weighted by atomic mass is 32.2. The molecule has 1 aliphatic heterocycles. The topological polar surface area (TPSA) is 57.9 Å². The van der Waals surface area contributed by atoms with Gasteiger partial charge in [0.1, 0.15) is 0 Å². The van der Waals surface area contributed by atoms with E-state index in [9.17, 15) is 4.79 Å². The van der Waals surface area contributed by atoms with Gasteiger partial charge in [-0.2, -0.15) is 0 Å². The Hall–Kier alpha value is -1.49. The Morgan fingerprint density at radius 1 is 1.64 bits per heavy atom. The van der Waals surface area contributed by atoms with E-state index in [4.69, 9.17) is 5.41 Å². The molecule has 2 rings (SSSR count). The van der Waals surface area contributed by atoms with E-state index < -0.39 is 0 Å². The highest BCUT2D eigenvalue weighted by Crippen LogP contribution is 2.24. The molecule has 1 aromatic rings. The second-order valence-electron chi connectivity index (χ2n) is 2.94. The second-order valence-corrected chi connectivity index (χ2v) is 3.99. The summed E-state index contributed by atoms with van der Waals surface area (Å²) >= 11 is 1.15. The summed E-state index contributed by atoms with van der Waals surface area (Å²) in [4.78, 5) is 11.8. The smallest absolute Gasteiger partial charge is 0.264 e. The molecule has 0 unspecified atom stereocenters. The maximum atomic E-state index is 11.3. The zero-order chi connectivity index (χ0) is 10.1. The minimum atomic E-state index is -0.193. The molecule has 0 aliphatic carbocycles. The van der Waals surface area contributed by atoms with Gasteiger partial charge in [-0.15, -0.1) is 0 Å².